The molecule has 18 heteroatoms. The molecule has 3 rings (SSSR count). The number of sulfonamides is 1. The number of hydrogen-bond donors (Lipinski definition) is 6. The Kier molecular flexibility index (Phi) is 15.1. The molecule has 0 unspecified atom stereocenters. The summed E-state index contributed by atoms with van der Waals surface area (Å²) in [6, 6.07) is 8.89. The third kappa shape index (κ3) is 13.2. The van der Waals surface area contributed by atoms with Gasteiger partial charge in [0.1, 0.15) is 23.7 Å². The van der Waals surface area contributed by atoms with E-state index in [2.05, 4.69) is 31.0 Å². The number of ether oxygens (including phenoxy) is 1. The van der Waals surface area contributed by atoms with Crippen molar-refractivity contribution in [3.8, 4) is 0 Å². The summed E-state index contributed by atoms with van der Waals surface area (Å²) < 4.78 is 32.9. The molecule has 7 N–H and O–H groups in total. The molecule has 1 heterocycles. The zero-order valence-electron chi connectivity index (χ0n) is 31.4. The Bertz CT molecular complexity index is 1840. The Morgan fingerprint density at radius 1 is 0.981 bits per heavy atom. The van der Waals surface area contributed by atoms with Crippen LogP contribution in [0, 0.1) is 6.92 Å². The van der Waals surface area contributed by atoms with Crippen LogP contribution in [0.5, 0.6) is 0 Å². The van der Waals surface area contributed by atoms with Gasteiger partial charge in [0.2, 0.25) is 29.6 Å². The van der Waals surface area contributed by atoms with E-state index in [9.17, 15) is 37.2 Å². The summed E-state index contributed by atoms with van der Waals surface area (Å²) in [6.07, 6.45) is -0.188. The summed E-state index contributed by atoms with van der Waals surface area (Å²) in [5.41, 5.74) is 6.61. The van der Waals surface area contributed by atoms with Crippen molar-refractivity contribution in [3.63, 3.8) is 0 Å². The molecule has 5 amide bonds. The van der Waals surface area contributed by atoms with Crippen LogP contribution in [0.2, 0.25) is 0 Å². The van der Waals surface area contributed by atoms with Crippen molar-refractivity contribution in [2.45, 2.75) is 95.5 Å². The molecule has 0 spiro atoms. The fraction of sp³-hybridized carbons (Fsp3) is 0.472. The summed E-state index contributed by atoms with van der Waals surface area (Å²) in [7, 11) is -2.62. The van der Waals surface area contributed by atoms with Crippen LogP contribution in [0.4, 0.5) is 0 Å². The van der Waals surface area contributed by atoms with E-state index in [0.717, 1.165) is 10.5 Å². The van der Waals surface area contributed by atoms with Gasteiger partial charge >= 0.3 is 5.97 Å². The average Bonchev–Trinajstić information content (AvgIpc) is 3.09. The summed E-state index contributed by atoms with van der Waals surface area (Å²) >= 11 is 0. The highest BCUT2D eigenvalue weighted by molar-refractivity contribution is 7.90. The van der Waals surface area contributed by atoms with Crippen molar-refractivity contribution in [2.75, 3.05) is 20.1 Å². The first kappa shape index (κ1) is 42.9. The van der Waals surface area contributed by atoms with Gasteiger partial charge in [0.25, 0.3) is 15.9 Å². The lowest BCUT2D eigenvalue weighted by atomic mass is 10.1. The standard InChI is InChI=1S/C36H50N8O9S/c1-7-26-34(50)44(6)28(12-9-17-38-35(37)43-54(51,52)25-15-13-22(2)14-16-25)33(49)40-21-29(45)41-27(19-30(46)53-36(3,4)5)32(48)39-20-23-10-8-11-24(18-23)31(47)42-26/h8,10-11,13-16,18,26-28H,7,9,12,17,19-21H2,1-6H3,(H,39,48)(H,40,49)(H,41,45)(H,42,47)(H3,37,38,43)/t26-,27+,28+/m1/s1. The van der Waals surface area contributed by atoms with Crippen molar-refractivity contribution in [2.24, 2.45) is 10.7 Å². The van der Waals surface area contributed by atoms with Gasteiger partial charge in [-0.2, -0.15) is 0 Å². The largest absolute Gasteiger partial charge is 0.460 e. The highest BCUT2D eigenvalue weighted by Crippen LogP contribution is 2.14. The summed E-state index contributed by atoms with van der Waals surface area (Å²) in [4.78, 5) is 84.8. The van der Waals surface area contributed by atoms with Gasteiger partial charge in [-0.1, -0.05) is 36.8 Å². The molecule has 0 fully saturated rings. The molecule has 54 heavy (non-hydrogen) atoms. The molecule has 0 saturated carbocycles. The predicted molar refractivity (Wildman–Crippen MR) is 199 cm³/mol. The Balaban J connectivity index is 1.85. The van der Waals surface area contributed by atoms with E-state index < -0.39 is 82.2 Å². The van der Waals surface area contributed by atoms with E-state index in [1.54, 1.807) is 52.0 Å². The van der Waals surface area contributed by atoms with Crippen molar-refractivity contribution in [1.29, 1.82) is 0 Å². The van der Waals surface area contributed by atoms with E-state index in [1.807, 2.05) is 6.92 Å². The first-order valence-corrected chi connectivity index (χ1v) is 18.9. The minimum absolute atomic E-state index is 0.00666. The topological polar surface area (TPSA) is 248 Å². The first-order chi connectivity index (χ1) is 25.3. The number of rotatable bonds is 9. The maximum absolute atomic E-state index is 13.7. The normalized spacial score (nSPS) is 19.7. The van der Waals surface area contributed by atoms with Gasteiger partial charge in [0.15, 0.2) is 0 Å². The van der Waals surface area contributed by atoms with Gasteiger partial charge in [-0.3, -0.25) is 33.8 Å². The van der Waals surface area contributed by atoms with Crippen LogP contribution in [0.1, 0.15) is 74.9 Å². The lowest BCUT2D eigenvalue weighted by molar-refractivity contribution is -0.156. The number of hydrogen-bond acceptors (Lipinski definition) is 10. The molecule has 1 aliphatic heterocycles. The molecule has 294 valence electrons. The number of amides is 5. The number of aryl methyl sites for hydroxylation is 1. The highest BCUT2D eigenvalue weighted by Gasteiger charge is 2.33. The van der Waals surface area contributed by atoms with E-state index in [-0.39, 0.29) is 48.8 Å². The predicted octanol–water partition coefficient (Wildman–Crippen LogP) is 0.366. The van der Waals surface area contributed by atoms with Crippen LogP contribution in [0.25, 0.3) is 0 Å². The molecule has 1 aliphatic rings. The van der Waals surface area contributed by atoms with Crippen molar-refractivity contribution in [1.82, 2.24) is 30.9 Å². The second-order valence-corrected chi connectivity index (χ2v) is 15.5. The number of guanidine groups is 1. The number of fused-ring (bicyclic) bond motifs is 2. The maximum Gasteiger partial charge on any atom is 0.308 e. The molecule has 0 aliphatic carbocycles. The fourth-order valence-corrected chi connectivity index (χ4v) is 6.29. The number of nitrogens with zero attached hydrogens (tertiary/aromatic N) is 2. The zero-order chi connectivity index (χ0) is 40.2. The summed E-state index contributed by atoms with van der Waals surface area (Å²) in [5, 5.41) is 10.3. The summed E-state index contributed by atoms with van der Waals surface area (Å²) in [5.74, 6) is -4.50. The van der Waals surface area contributed by atoms with E-state index in [0.29, 0.717) is 5.56 Å². The first-order valence-electron chi connectivity index (χ1n) is 17.4. The van der Waals surface area contributed by atoms with Gasteiger partial charge in [-0.05, 0) is 76.8 Å². The van der Waals surface area contributed by atoms with Gasteiger partial charge in [-0.15, -0.1) is 0 Å². The molecule has 0 saturated heterocycles. The molecular weight excluding hydrogens is 721 g/mol. The van der Waals surface area contributed by atoms with E-state index in [1.165, 1.54) is 31.3 Å². The molecule has 3 atom stereocenters. The van der Waals surface area contributed by atoms with E-state index in [4.69, 9.17) is 10.5 Å². The van der Waals surface area contributed by atoms with Gasteiger partial charge < -0.3 is 36.6 Å². The van der Waals surface area contributed by atoms with Crippen LogP contribution < -0.4 is 31.7 Å². The lowest BCUT2D eigenvalue weighted by Gasteiger charge is -2.30. The number of carbonyl (C=O) groups excluding carboxylic acids is 6. The van der Waals surface area contributed by atoms with Crippen LogP contribution in [0.3, 0.4) is 0 Å². The Morgan fingerprint density at radius 3 is 2.30 bits per heavy atom. The second kappa shape index (κ2) is 19.0. The molecule has 0 aromatic heterocycles. The highest BCUT2D eigenvalue weighted by atomic mass is 32.2. The van der Waals surface area contributed by atoms with Crippen LogP contribution in [-0.2, 0) is 45.3 Å². The molecule has 0 radical (unpaired) electrons. The van der Waals surface area contributed by atoms with E-state index >= 15 is 0 Å². The average molecular weight is 771 g/mol. The van der Waals surface area contributed by atoms with Gasteiger partial charge in [0, 0.05) is 25.7 Å². The third-order valence-corrected chi connectivity index (χ3v) is 9.51. The second-order valence-electron chi connectivity index (χ2n) is 13.8. The smallest absolute Gasteiger partial charge is 0.308 e. The van der Waals surface area contributed by atoms with Crippen LogP contribution >= 0.6 is 0 Å². The number of carbonyl (C=O) groups is 6. The van der Waals surface area contributed by atoms with Crippen molar-refractivity contribution in [3.05, 3.63) is 65.2 Å². The maximum atomic E-state index is 13.7. The van der Waals surface area contributed by atoms with Crippen LogP contribution in [-0.4, -0.2) is 98.6 Å². The molecule has 2 aromatic rings. The number of aliphatic imine (C=N–C) groups is 1. The number of esters is 1. The Hall–Kier alpha value is -5.52. The van der Waals surface area contributed by atoms with Crippen molar-refractivity contribution < 1.29 is 41.9 Å². The Morgan fingerprint density at radius 2 is 1.65 bits per heavy atom. The van der Waals surface area contributed by atoms with Crippen LogP contribution in [0.15, 0.2) is 58.4 Å². The number of likely N-dealkylation sites (N-methyl/N-ethyl adjacent to an activating group) is 1. The minimum atomic E-state index is -4.00. The third-order valence-electron chi connectivity index (χ3n) is 8.14. The quantitative estimate of drug-likeness (QED) is 0.0885. The van der Waals surface area contributed by atoms with Gasteiger partial charge in [-0.25, -0.2) is 13.1 Å². The monoisotopic (exact) mass is 770 g/mol. The molecule has 2 aromatic carbocycles. The lowest BCUT2D eigenvalue weighted by Crippen LogP contribution is -2.56. The molecular formula is C36H50N8O9S. The number of benzene rings is 2. The minimum Gasteiger partial charge on any atom is -0.460 e. The summed E-state index contributed by atoms with van der Waals surface area (Å²) in [6.45, 7) is 7.77. The Labute approximate surface area is 315 Å². The molecule has 17 nitrogen and oxygen atoms in total. The fourth-order valence-electron chi connectivity index (χ4n) is 5.34. The molecule has 2 bridgehead atoms. The van der Waals surface area contributed by atoms with Gasteiger partial charge in [0.05, 0.1) is 17.9 Å². The number of nitrogens with one attached hydrogen (secondary N) is 5. The number of nitrogens with two attached hydrogens (primary N) is 1. The zero-order valence-corrected chi connectivity index (χ0v) is 32.2. The van der Waals surface area contributed by atoms with Crippen molar-refractivity contribution >= 4 is 51.5 Å². The SMILES string of the molecule is CC[C@H]1NC(=O)c2cccc(c2)CNC(=O)[C@H](CC(=O)OC(C)(C)C)NC(=O)CNC(=O)[C@H](CCCN=C(N)NS(=O)(=O)c2ccc(C)cc2)N(C)C1=O.